The van der Waals surface area contributed by atoms with Crippen molar-refractivity contribution in [3.05, 3.63) is 29.8 Å². The summed E-state index contributed by atoms with van der Waals surface area (Å²) in [5, 5.41) is 2.86. The zero-order valence-corrected chi connectivity index (χ0v) is 11.0. The molecule has 1 aliphatic rings. The van der Waals surface area contributed by atoms with E-state index in [9.17, 15) is 4.79 Å². The Kier molecular flexibility index (Phi) is 3.81. The van der Waals surface area contributed by atoms with Crippen LogP contribution < -0.4 is 15.8 Å². The van der Waals surface area contributed by atoms with Crippen LogP contribution in [0, 0.1) is 5.92 Å². The normalized spacial score (nSPS) is 18.6. The van der Waals surface area contributed by atoms with Crippen molar-refractivity contribution in [1.29, 1.82) is 0 Å². The summed E-state index contributed by atoms with van der Waals surface area (Å²) in [4.78, 5) is 12.5. The fourth-order valence-corrected chi connectivity index (χ4v) is 1.94. The van der Waals surface area contributed by atoms with Gasteiger partial charge in [0.15, 0.2) is 0 Å². The van der Waals surface area contributed by atoms with Crippen LogP contribution in [0.1, 0.15) is 18.4 Å². The van der Waals surface area contributed by atoms with E-state index in [2.05, 4.69) is 5.32 Å². The number of amides is 1. The SMILES string of the molecule is CC(CNC(=O)C1COc2ccccc21)C(N)=S. The van der Waals surface area contributed by atoms with Crippen LogP contribution in [0.4, 0.5) is 0 Å². The molecular weight excluding hydrogens is 248 g/mol. The maximum absolute atomic E-state index is 12.1. The lowest BCUT2D eigenvalue weighted by Crippen LogP contribution is -2.36. The predicted molar refractivity (Wildman–Crippen MR) is 73.6 cm³/mol. The number of hydrogen-bond donors (Lipinski definition) is 2. The smallest absolute Gasteiger partial charge is 0.231 e. The first kappa shape index (κ1) is 12.8. The summed E-state index contributed by atoms with van der Waals surface area (Å²) in [6.07, 6.45) is 0. The Hall–Kier alpha value is -1.62. The highest BCUT2D eigenvalue weighted by molar-refractivity contribution is 7.80. The van der Waals surface area contributed by atoms with E-state index in [1.165, 1.54) is 0 Å². The second-order valence-corrected chi connectivity index (χ2v) is 4.92. The summed E-state index contributed by atoms with van der Waals surface area (Å²) in [6, 6.07) is 7.60. The molecule has 1 aliphatic heterocycles. The molecule has 5 heteroatoms. The van der Waals surface area contributed by atoms with E-state index < -0.39 is 0 Å². The summed E-state index contributed by atoms with van der Waals surface area (Å²) in [5.74, 6) is 0.518. The van der Waals surface area contributed by atoms with Gasteiger partial charge in [-0.25, -0.2) is 0 Å². The van der Waals surface area contributed by atoms with Crippen molar-refractivity contribution in [2.75, 3.05) is 13.2 Å². The van der Waals surface area contributed by atoms with E-state index in [-0.39, 0.29) is 17.7 Å². The molecular formula is C13H16N2O2S. The minimum absolute atomic E-state index is 0.00140. The fourth-order valence-electron chi connectivity index (χ4n) is 1.86. The molecule has 2 rings (SSSR count). The minimum Gasteiger partial charge on any atom is -0.492 e. The molecule has 0 bridgehead atoms. The number of benzene rings is 1. The topological polar surface area (TPSA) is 64.3 Å². The molecule has 0 aliphatic carbocycles. The molecule has 0 saturated heterocycles. The molecule has 0 aromatic heterocycles. The zero-order chi connectivity index (χ0) is 13.1. The lowest BCUT2D eigenvalue weighted by molar-refractivity contribution is -0.122. The maximum Gasteiger partial charge on any atom is 0.231 e. The van der Waals surface area contributed by atoms with Gasteiger partial charge in [-0.05, 0) is 6.07 Å². The van der Waals surface area contributed by atoms with Crippen molar-refractivity contribution < 1.29 is 9.53 Å². The lowest BCUT2D eigenvalue weighted by atomic mass is 10.0. The molecule has 0 spiro atoms. The van der Waals surface area contributed by atoms with Gasteiger partial charge < -0.3 is 15.8 Å². The molecule has 96 valence electrons. The summed E-state index contributed by atoms with van der Waals surface area (Å²) < 4.78 is 5.48. The summed E-state index contributed by atoms with van der Waals surface area (Å²) in [6.45, 7) is 2.75. The highest BCUT2D eigenvalue weighted by atomic mass is 32.1. The van der Waals surface area contributed by atoms with Crippen molar-refractivity contribution in [1.82, 2.24) is 5.32 Å². The molecule has 4 nitrogen and oxygen atoms in total. The quantitative estimate of drug-likeness (QED) is 0.802. The number of hydrogen-bond acceptors (Lipinski definition) is 3. The predicted octanol–water partition coefficient (Wildman–Crippen LogP) is 1.20. The van der Waals surface area contributed by atoms with E-state index in [0.717, 1.165) is 11.3 Å². The van der Waals surface area contributed by atoms with E-state index >= 15 is 0 Å². The molecule has 1 aromatic rings. The van der Waals surface area contributed by atoms with E-state index in [4.69, 9.17) is 22.7 Å². The summed E-state index contributed by atoms with van der Waals surface area (Å²) in [7, 11) is 0. The van der Waals surface area contributed by atoms with Crippen LogP contribution in [-0.2, 0) is 4.79 Å². The number of thiocarbonyl (C=S) groups is 1. The van der Waals surface area contributed by atoms with Gasteiger partial charge in [-0.2, -0.15) is 0 Å². The third-order valence-corrected chi connectivity index (χ3v) is 3.49. The molecule has 0 fully saturated rings. The summed E-state index contributed by atoms with van der Waals surface area (Å²) in [5.41, 5.74) is 6.45. The molecule has 1 amide bonds. The minimum atomic E-state index is -0.236. The van der Waals surface area contributed by atoms with Crippen LogP contribution in [0.2, 0.25) is 0 Å². The molecule has 0 radical (unpaired) electrons. The second-order valence-electron chi connectivity index (χ2n) is 4.45. The van der Waals surface area contributed by atoms with E-state index in [1.54, 1.807) is 0 Å². The highest BCUT2D eigenvalue weighted by Crippen LogP contribution is 2.33. The highest BCUT2D eigenvalue weighted by Gasteiger charge is 2.29. The van der Waals surface area contributed by atoms with Gasteiger partial charge in [0, 0.05) is 18.0 Å². The van der Waals surface area contributed by atoms with Gasteiger partial charge in [0.2, 0.25) is 5.91 Å². The third kappa shape index (κ3) is 2.61. The number of ether oxygens (including phenoxy) is 1. The standard InChI is InChI=1S/C13H16N2O2S/c1-8(12(14)18)6-15-13(16)10-7-17-11-5-3-2-4-9(10)11/h2-5,8,10H,6-7H2,1H3,(H2,14,18)(H,15,16). The largest absolute Gasteiger partial charge is 0.492 e. The van der Waals surface area contributed by atoms with Crippen LogP contribution in [0.3, 0.4) is 0 Å². The average molecular weight is 264 g/mol. The Morgan fingerprint density at radius 1 is 1.61 bits per heavy atom. The van der Waals surface area contributed by atoms with Crippen molar-refractivity contribution in [2.24, 2.45) is 11.7 Å². The Labute approximate surface area is 112 Å². The fraction of sp³-hybridized carbons (Fsp3) is 0.385. The van der Waals surface area contributed by atoms with Crippen LogP contribution in [0.25, 0.3) is 0 Å². The lowest BCUT2D eigenvalue weighted by Gasteiger charge is -2.13. The van der Waals surface area contributed by atoms with Gasteiger partial charge in [0.05, 0.1) is 4.99 Å². The van der Waals surface area contributed by atoms with Gasteiger partial charge >= 0.3 is 0 Å². The molecule has 0 saturated carbocycles. The first-order valence-corrected chi connectivity index (χ1v) is 6.29. The number of para-hydroxylation sites is 1. The monoisotopic (exact) mass is 264 g/mol. The number of carbonyl (C=O) groups is 1. The van der Waals surface area contributed by atoms with Crippen LogP contribution in [0.5, 0.6) is 5.75 Å². The Morgan fingerprint density at radius 3 is 3.06 bits per heavy atom. The first-order valence-electron chi connectivity index (χ1n) is 5.88. The first-order chi connectivity index (χ1) is 8.59. The van der Waals surface area contributed by atoms with Crippen molar-refractivity contribution in [3.63, 3.8) is 0 Å². The van der Waals surface area contributed by atoms with Gasteiger partial charge in [-0.1, -0.05) is 37.3 Å². The van der Waals surface area contributed by atoms with E-state index in [1.807, 2.05) is 31.2 Å². The number of nitrogens with one attached hydrogen (secondary N) is 1. The molecule has 2 unspecified atom stereocenters. The zero-order valence-electron chi connectivity index (χ0n) is 10.2. The molecule has 1 heterocycles. The molecule has 3 N–H and O–H groups in total. The van der Waals surface area contributed by atoms with Crippen LogP contribution >= 0.6 is 12.2 Å². The Bertz CT molecular complexity index is 476. The molecule has 2 atom stereocenters. The third-order valence-electron chi connectivity index (χ3n) is 3.08. The second kappa shape index (κ2) is 5.35. The van der Waals surface area contributed by atoms with Gasteiger partial charge in [-0.3, -0.25) is 4.79 Å². The van der Waals surface area contributed by atoms with Crippen molar-refractivity contribution in [2.45, 2.75) is 12.8 Å². The van der Waals surface area contributed by atoms with Crippen molar-refractivity contribution >= 4 is 23.1 Å². The maximum atomic E-state index is 12.1. The number of carbonyl (C=O) groups excluding carboxylic acids is 1. The van der Waals surface area contributed by atoms with Crippen LogP contribution in [-0.4, -0.2) is 24.0 Å². The van der Waals surface area contributed by atoms with Crippen LogP contribution in [0.15, 0.2) is 24.3 Å². The van der Waals surface area contributed by atoms with E-state index in [0.29, 0.717) is 18.1 Å². The van der Waals surface area contributed by atoms with Gasteiger partial charge in [-0.15, -0.1) is 0 Å². The van der Waals surface area contributed by atoms with Crippen molar-refractivity contribution in [3.8, 4) is 5.75 Å². The van der Waals surface area contributed by atoms with Gasteiger partial charge in [0.1, 0.15) is 18.3 Å². The number of fused-ring (bicyclic) bond motifs is 1. The number of rotatable bonds is 4. The Balaban J connectivity index is 1.97. The number of nitrogens with two attached hydrogens (primary N) is 1. The summed E-state index contributed by atoms with van der Waals surface area (Å²) >= 11 is 4.87. The molecule has 1 aromatic carbocycles. The molecule has 18 heavy (non-hydrogen) atoms. The Morgan fingerprint density at radius 2 is 2.33 bits per heavy atom. The van der Waals surface area contributed by atoms with Gasteiger partial charge in [0.25, 0.3) is 0 Å². The average Bonchev–Trinajstić information content (AvgIpc) is 2.79.